The van der Waals surface area contributed by atoms with Gasteiger partial charge in [0.05, 0.1) is 13.7 Å². The zero-order valence-corrected chi connectivity index (χ0v) is 14.4. The zero-order valence-electron chi connectivity index (χ0n) is 13.5. The van der Waals surface area contributed by atoms with Crippen LogP contribution in [0.25, 0.3) is 0 Å². The van der Waals surface area contributed by atoms with Crippen LogP contribution in [0.4, 0.5) is 9.93 Å². The van der Waals surface area contributed by atoms with E-state index in [-0.39, 0.29) is 18.7 Å². The van der Waals surface area contributed by atoms with Crippen molar-refractivity contribution in [1.82, 2.24) is 15.1 Å². The first-order chi connectivity index (χ1) is 11.5. The Balaban J connectivity index is 1.71. The van der Waals surface area contributed by atoms with Crippen molar-refractivity contribution in [2.75, 3.05) is 25.6 Å². The van der Waals surface area contributed by atoms with Gasteiger partial charge in [-0.05, 0) is 31.2 Å². The second kappa shape index (κ2) is 6.62. The summed E-state index contributed by atoms with van der Waals surface area (Å²) in [5.74, 6) is 1.43. The fraction of sp³-hybridized carbons (Fsp3) is 0.400. The Bertz CT molecular complexity index is 721. The standard InChI is InChI=1S/C15H18N4O4S/c1-9(23-11-6-4-10(22-3)5-7-11)13-16-17-14(24-13)19-12(20)8-18(2)15(19)21/h4-7,9,12,20H,8H2,1-3H3. The first-order valence-electron chi connectivity index (χ1n) is 7.36. The molecule has 1 saturated heterocycles. The highest BCUT2D eigenvalue weighted by atomic mass is 32.1. The van der Waals surface area contributed by atoms with Crippen LogP contribution in [-0.4, -0.2) is 53.2 Å². The largest absolute Gasteiger partial charge is 0.497 e. The van der Waals surface area contributed by atoms with Crippen LogP contribution in [0.3, 0.4) is 0 Å². The van der Waals surface area contributed by atoms with Gasteiger partial charge in [0, 0.05) is 7.05 Å². The van der Waals surface area contributed by atoms with Gasteiger partial charge in [0.25, 0.3) is 0 Å². The number of hydrogen-bond acceptors (Lipinski definition) is 7. The topological polar surface area (TPSA) is 88.0 Å². The van der Waals surface area contributed by atoms with Gasteiger partial charge < -0.3 is 19.5 Å². The molecule has 2 aromatic rings. The first kappa shape index (κ1) is 16.5. The highest BCUT2D eigenvalue weighted by Crippen LogP contribution is 2.31. The number of carbonyl (C=O) groups excluding carboxylic acids is 1. The molecule has 0 spiro atoms. The van der Waals surface area contributed by atoms with Gasteiger partial charge in [0.15, 0.2) is 11.2 Å². The molecule has 0 radical (unpaired) electrons. The predicted molar refractivity (Wildman–Crippen MR) is 88.5 cm³/mol. The zero-order chi connectivity index (χ0) is 17.3. The lowest BCUT2D eigenvalue weighted by molar-refractivity contribution is 0.183. The highest BCUT2D eigenvalue weighted by Gasteiger charge is 2.37. The van der Waals surface area contributed by atoms with Crippen LogP contribution >= 0.6 is 11.3 Å². The Kier molecular flexibility index (Phi) is 4.54. The molecule has 0 saturated carbocycles. The summed E-state index contributed by atoms with van der Waals surface area (Å²) in [6, 6.07) is 6.93. The highest BCUT2D eigenvalue weighted by molar-refractivity contribution is 7.15. The number of methoxy groups -OCH3 is 1. The van der Waals surface area contributed by atoms with Crippen molar-refractivity contribution in [3.8, 4) is 11.5 Å². The third kappa shape index (κ3) is 3.13. The third-order valence-corrected chi connectivity index (χ3v) is 4.71. The van der Waals surface area contributed by atoms with Crippen LogP contribution in [0.2, 0.25) is 0 Å². The first-order valence-corrected chi connectivity index (χ1v) is 8.17. The molecular weight excluding hydrogens is 332 g/mol. The van der Waals surface area contributed by atoms with Crippen molar-refractivity contribution >= 4 is 22.5 Å². The maximum Gasteiger partial charge on any atom is 0.328 e. The smallest absolute Gasteiger partial charge is 0.328 e. The SMILES string of the molecule is COc1ccc(OC(C)c2nnc(N3C(=O)N(C)CC3O)s2)cc1. The number of aliphatic hydroxyl groups is 1. The third-order valence-electron chi connectivity index (χ3n) is 3.62. The summed E-state index contributed by atoms with van der Waals surface area (Å²) in [5.41, 5.74) is 0. The lowest BCUT2D eigenvalue weighted by Crippen LogP contribution is -2.34. The molecule has 1 aromatic carbocycles. The second-order valence-electron chi connectivity index (χ2n) is 5.37. The number of likely N-dealkylation sites (N-methyl/N-ethyl adjacent to an activating group) is 1. The molecule has 8 nitrogen and oxygen atoms in total. The van der Waals surface area contributed by atoms with Gasteiger partial charge in [-0.2, -0.15) is 0 Å². The van der Waals surface area contributed by atoms with Crippen molar-refractivity contribution < 1.29 is 19.4 Å². The van der Waals surface area contributed by atoms with E-state index in [4.69, 9.17) is 9.47 Å². The molecule has 24 heavy (non-hydrogen) atoms. The van der Waals surface area contributed by atoms with Crippen molar-refractivity contribution in [3.05, 3.63) is 29.3 Å². The molecule has 1 aromatic heterocycles. The summed E-state index contributed by atoms with van der Waals surface area (Å²) in [6.45, 7) is 2.09. The fourth-order valence-electron chi connectivity index (χ4n) is 2.32. The van der Waals surface area contributed by atoms with Crippen LogP contribution < -0.4 is 14.4 Å². The van der Waals surface area contributed by atoms with Gasteiger partial charge in [0.1, 0.15) is 17.6 Å². The van der Waals surface area contributed by atoms with Crippen molar-refractivity contribution in [2.45, 2.75) is 19.3 Å². The molecule has 128 valence electrons. The minimum atomic E-state index is -0.916. The lowest BCUT2D eigenvalue weighted by Gasteiger charge is -2.14. The molecule has 2 atom stereocenters. The molecule has 1 N–H and O–H groups in total. The maximum absolute atomic E-state index is 12.0. The molecule has 2 unspecified atom stereocenters. The number of aliphatic hydroxyl groups excluding tert-OH is 1. The Morgan fingerprint density at radius 3 is 2.54 bits per heavy atom. The summed E-state index contributed by atoms with van der Waals surface area (Å²) in [7, 11) is 3.23. The summed E-state index contributed by atoms with van der Waals surface area (Å²) < 4.78 is 10.9. The Morgan fingerprint density at radius 2 is 1.96 bits per heavy atom. The van der Waals surface area contributed by atoms with Gasteiger partial charge in [0.2, 0.25) is 5.13 Å². The number of hydrogen-bond donors (Lipinski definition) is 1. The number of rotatable bonds is 5. The molecule has 0 bridgehead atoms. The molecule has 2 amide bonds. The molecular formula is C15H18N4O4S. The number of nitrogens with zero attached hydrogens (tertiary/aromatic N) is 4. The normalized spacial score (nSPS) is 18.8. The number of anilines is 1. The van der Waals surface area contributed by atoms with Gasteiger partial charge in [-0.1, -0.05) is 11.3 Å². The molecule has 1 fully saturated rings. The molecule has 2 heterocycles. The van der Waals surface area contributed by atoms with Crippen LogP contribution in [0.15, 0.2) is 24.3 Å². The molecule has 9 heteroatoms. The number of urea groups is 1. The van der Waals surface area contributed by atoms with Gasteiger partial charge in [-0.3, -0.25) is 0 Å². The average molecular weight is 350 g/mol. The number of benzene rings is 1. The fourth-order valence-corrected chi connectivity index (χ4v) is 3.18. The van der Waals surface area contributed by atoms with Crippen LogP contribution in [0.5, 0.6) is 11.5 Å². The van der Waals surface area contributed by atoms with E-state index >= 15 is 0 Å². The number of aromatic nitrogens is 2. The van der Waals surface area contributed by atoms with E-state index in [2.05, 4.69) is 10.2 Å². The number of amides is 2. The predicted octanol–water partition coefficient (Wildman–Crippen LogP) is 1.88. The number of carbonyl (C=O) groups is 1. The molecule has 0 aliphatic carbocycles. The molecule has 3 rings (SSSR count). The summed E-state index contributed by atoms with van der Waals surface area (Å²) in [4.78, 5) is 14.7. The average Bonchev–Trinajstić information content (AvgIpc) is 3.13. The quantitative estimate of drug-likeness (QED) is 0.886. The van der Waals surface area contributed by atoms with E-state index in [1.165, 1.54) is 21.1 Å². The van der Waals surface area contributed by atoms with E-state index < -0.39 is 6.23 Å². The van der Waals surface area contributed by atoms with Gasteiger partial charge in [-0.25, -0.2) is 9.69 Å². The molecule has 1 aliphatic heterocycles. The van der Waals surface area contributed by atoms with Crippen LogP contribution in [0, 0.1) is 0 Å². The number of ether oxygens (including phenoxy) is 2. The summed E-state index contributed by atoms with van der Waals surface area (Å²) >= 11 is 1.22. The number of β-amino-alcohol motifs (C(OH)–C–C–N with tert-alkyl or cyclic N) is 1. The minimum absolute atomic E-state index is 0.242. The minimum Gasteiger partial charge on any atom is -0.497 e. The van der Waals surface area contributed by atoms with Crippen LogP contribution in [-0.2, 0) is 0 Å². The van der Waals surface area contributed by atoms with Crippen molar-refractivity contribution in [1.29, 1.82) is 0 Å². The van der Waals surface area contributed by atoms with Gasteiger partial charge >= 0.3 is 6.03 Å². The van der Waals surface area contributed by atoms with Crippen LogP contribution in [0.1, 0.15) is 18.0 Å². The Hall–Kier alpha value is -2.39. The van der Waals surface area contributed by atoms with E-state index in [1.54, 1.807) is 26.3 Å². The van der Waals surface area contributed by atoms with Gasteiger partial charge in [-0.15, -0.1) is 10.2 Å². The van der Waals surface area contributed by atoms with Crippen molar-refractivity contribution in [2.24, 2.45) is 0 Å². The molecule has 1 aliphatic rings. The van der Waals surface area contributed by atoms with E-state index in [0.29, 0.717) is 15.9 Å². The lowest BCUT2D eigenvalue weighted by atomic mass is 10.3. The van der Waals surface area contributed by atoms with Crippen molar-refractivity contribution in [3.63, 3.8) is 0 Å². The Morgan fingerprint density at radius 1 is 1.29 bits per heavy atom. The van der Waals surface area contributed by atoms with E-state index in [9.17, 15) is 9.90 Å². The van der Waals surface area contributed by atoms with E-state index in [1.807, 2.05) is 19.1 Å². The summed E-state index contributed by atoms with van der Waals surface area (Å²) in [6.07, 6.45) is -1.25. The summed E-state index contributed by atoms with van der Waals surface area (Å²) in [5, 5.41) is 19.0. The van der Waals surface area contributed by atoms with E-state index in [0.717, 1.165) is 5.75 Å². The Labute approximate surface area is 143 Å². The monoisotopic (exact) mass is 350 g/mol. The maximum atomic E-state index is 12.0. The second-order valence-corrected chi connectivity index (χ2v) is 6.36.